The van der Waals surface area contributed by atoms with Crippen LogP contribution in [0, 0.1) is 10.8 Å². The summed E-state index contributed by atoms with van der Waals surface area (Å²) in [7, 11) is 0. The molecule has 2 aromatic carbocycles. The van der Waals surface area contributed by atoms with Crippen LogP contribution in [0.5, 0.6) is 17.2 Å². The maximum Gasteiger partial charge on any atom is 0.204 e. The van der Waals surface area contributed by atoms with Gasteiger partial charge in [0, 0.05) is 36.1 Å². The number of phenols is 1. The van der Waals surface area contributed by atoms with Crippen LogP contribution in [-0.2, 0) is 19.4 Å². The van der Waals surface area contributed by atoms with Gasteiger partial charge < -0.3 is 35.6 Å². The lowest BCUT2D eigenvalue weighted by atomic mass is 9.95. The maximum atomic E-state index is 14.3. The highest BCUT2D eigenvalue weighted by Gasteiger charge is 2.24. The van der Waals surface area contributed by atoms with Crippen LogP contribution >= 0.6 is 0 Å². The summed E-state index contributed by atoms with van der Waals surface area (Å²) in [6, 6.07) is 3.39. The highest BCUT2D eigenvalue weighted by molar-refractivity contribution is 5.97. The number of nitrogens with one attached hydrogen (secondary N) is 2. The average molecular weight is 691 g/mol. The van der Waals surface area contributed by atoms with Crippen LogP contribution in [0.1, 0.15) is 121 Å². The molecule has 0 aliphatic carbocycles. The summed E-state index contributed by atoms with van der Waals surface area (Å²) in [5, 5.41) is 37.4. The lowest BCUT2D eigenvalue weighted by Gasteiger charge is -2.18. The molecule has 0 aliphatic heterocycles. The summed E-state index contributed by atoms with van der Waals surface area (Å²) >= 11 is 0. The van der Waals surface area contributed by atoms with E-state index >= 15 is 0 Å². The van der Waals surface area contributed by atoms with Crippen molar-refractivity contribution in [2.45, 2.75) is 124 Å². The van der Waals surface area contributed by atoms with Crippen molar-refractivity contribution >= 4 is 33.6 Å². The molecule has 0 aliphatic rings. The number of nitrogens with two attached hydrogens (primary N) is 2. The topological polar surface area (TPSA) is 189 Å². The number of phenolic OH excluding ortho intramolecular Hbond substituents is 1. The van der Waals surface area contributed by atoms with Gasteiger partial charge in [0.2, 0.25) is 5.43 Å². The first kappa shape index (κ1) is 40.1. The lowest BCUT2D eigenvalue weighted by molar-refractivity contribution is 0.259. The van der Waals surface area contributed by atoms with E-state index in [1.54, 1.807) is 12.1 Å². The number of benzene rings is 2. The molecule has 0 bridgehead atoms. The van der Waals surface area contributed by atoms with Crippen LogP contribution in [0.15, 0.2) is 44.6 Å². The standard InChI is InChI=1S/C40H58N4O6/c1-26(2)17-19-28-30(25-45)32(49-22-14-10-6-8-12-16-36(43)44)24-33-37(28)40(47)38-34(50-33)23-31(29(39(38)46)20-18-27(3)4)48-21-13-9-5-7-11-15-35(41)42/h17-18,23-24,45-46H,5-16,19-22,25H2,1-4H3,(H3,41,42)(H3,43,44). The number of aliphatic hydroxyl groups excluding tert-OH is 1. The molecule has 8 N–H and O–H groups in total. The van der Waals surface area contributed by atoms with Crippen molar-refractivity contribution in [1.82, 2.24) is 0 Å². The van der Waals surface area contributed by atoms with E-state index in [9.17, 15) is 15.0 Å². The molecule has 274 valence electrons. The van der Waals surface area contributed by atoms with Gasteiger partial charge in [-0.1, -0.05) is 61.8 Å². The molecule has 3 aromatic rings. The zero-order valence-corrected chi connectivity index (χ0v) is 30.5. The summed E-state index contributed by atoms with van der Waals surface area (Å²) in [6.45, 7) is 8.48. The Kier molecular flexibility index (Phi) is 16.4. The Hall–Kier alpha value is -4.31. The third kappa shape index (κ3) is 11.9. The molecular formula is C40H58N4O6. The SMILES string of the molecule is CC(C)=CCc1c(OCCCCCCCC(=N)N)cc2oc3cc(OCCCCCCCC(=N)N)c(CO)c(CC=C(C)C)c3c(=O)c2c1O. The Morgan fingerprint density at radius 3 is 1.62 bits per heavy atom. The highest BCUT2D eigenvalue weighted by atomic mass is 16.5. The van der Waals surface area contributed by atoms with Crippen molar-refractivity contribution in [3.8, 4) is 17.2 Å². The average Bonchev–Trinajstić information content (AvgIpc) is 3.04. The summed E-state index contributed by atoms with van der Waals surface area (Å²) in [6.07, 6.45) is 15.4. The van der Waals surface area contributed by atoms with Gasteiger partial charge in [-0.25, -0.2) is 0 Å². The molecule has 50 heavy (non-hydrogen) atoms. The second-order valence-electron chi connectivity index (χ2n) is 13.6. The van der Waals surface area contributed by atoms with Crippen LogP contribution in [0.2, 0.25) is 0 Å². The molecule has 0 radical (unpaired) electrons. The van der Waals surface area contributed by atoms with Gasteiger partial charge in [-0.3, -0.25) is 15.6 Å². The van der Waals surface area contributed by atoms with Crippen LogP contribution in [0.25, 0.3) is 21.9 Å². The number of fused-ring (bicyclic) bond motifs is 2. The monoisotopic (exact) mass is 690 g/mol. The molecule has 3 rings (SSSR count). The van der Waals surface area contributed by atoms with Crippen molar-refractivity contribution in [3.05, 3.63) is 62.3 Å². The third-order valence-electron chi connectivity index (χ3n) is 8.76. The number of rotatable bonds is 23. The Morgan fingerprint density at radius 1 is 0.700 bits per heavy atom. The van der Waals surface area contributed by atoms with E-state index in [1.165, 1.54) is 0 Å². The molecule has 10 heteroatoms. The van der Waals surface area contributed by atoms with Crippen LogP contribution in [0.4, 0.5) is 0 Å². The second kappa shape index (κ2) is 20.4. The predicted molar refractivity (Wildman–Crippen MR) is 204 cm³/mol. The number of ether oxygens (including phenoxy) is 2. The minimum atomic E-state index is -0.363. The minimum absolute atomic E-state index is 0.0910. The van der Waals surface area contributed by atoms with Gasteiger partial charge >= 0.3 is 0 Å². The van der Waals surface area contributed by atoms with Crippen molar-refractivity contribution in [1.29, 1.82) is 10.8 Å². The van der Waals surface area contributed by atoms with E-state index in [-0.39, 0.29) is 40.4 Å². The Balaban J connectivity index is 2.00. The first-order valence-corrected chi connectivity index (χ1v) is 18.0. The summed E-state index contributed by atoms with van der Waals surface area (Å²) in [5.41, 5.74) is 14.9. The second-order valence-corrected chi connectivity index (χ2v) is 13.6. The first-order chi connectivity index (χ1) is 23.9. The molecule has 0 saturated heterocycles. The molecule has 10 nitrogen and oxygen atoms in total. The highest BCUT2D eigenvalue weighted by Crippen LogP contribution is 2.39. The zero-order chi connectivity index (χ0) is 36.6. The van der Waals surface area contributed by atoms with Crippen molar-refractivity contribution in [2.75, 3.05) is 13.2 Å². The van der Waals surface area contributed by atoms with Gasteiger partial charge in [-0.15, -0.1) is 0 Å². The fraction of sp³-hybridized carbons (Fsp3) is 0.525. The number of hydrogen-bond donors (Lipinski definition) is 6. The Bertz CT molecular complexity index is 1730. The van der Waals surface area contributed by atoms with Gasteiger partial charge in [-0.05, 0) is 71.8 Å². The van der Waals surface area contributed by atoms with Gasteiger partial charge in [-0.2, -0.15) is 0 Å². The number of amidine groups is 2. The number of hydrogen-bond acceptors (Lipinski definition) is 8. The quantitative estimate of drug-likeness (QED) is 0.0188. The van der Waals surface area contributed by atoms with Gasteiger partial charge in [0.05, 0.1) is 36.9 Å². The van der Waals surface area contributed by atoms with Crippen molar-refractivity contribution < 1.29 is 24.1 Å². The largest absolute Gasteiger partial charge is 0.507 e. The van der Waals surface area contributed by atoms with Gasteiger partial charge in [0.25, 0.3) is 0 Å². The molecular weight excluding hydrogens is 632 g/mol. The minimum Gasteiger partial charge on any atom is -0.507 e. The van der Waals surface area contributed by atoms with Crippen molar-refractivity contribution in [3.63, 3.8) is 0 Å². The molecule has 1 aromatic heterocycles. The summed E-state index contributed by atoms with van der Waals surface area (Å²) < 4.78 is 18.9. The normalized spacial score (nSPS) is 11.1. The Labute approximate surface area is 296 Å². The third-order valence-corrected chi connectivity index (χ3v) is 8.76. The number of aromatic hydroxyl groups is 1. The van der Waals surface area contributed by atoms with E-state index in [1.807, 2.05) is 39.8 Å². The molecule has 0 saturated carbocycles. The number of aliphatic hydroxyl groups is 1. The first-order valence-electron chi connectivity index (χ1n) is 18.0. The van der Waals surface area contributed by atoms with Crippen LogP contribution < -0.4 is 26.4 Å². The Morgan fingerprint density at radius 2 is 1.14 bits per heavy atom. The fourth-order valence-corrected chi connectivity index (χ4v) is 5.99. The zero-order valence-electron chi connectivity index (χ0n) is 30.5. The molecule has 0 fully saturated rings. The lowest BCUT2D eigenvalue weighted by Crippen LogP contribution is -2.11. The molecule has 0 atom stereocenters. The predicted octanol–water partition coefficient (Wildman–Crippen LogP) is 8.47. The van der Waals surface area contributed by atoms with E-state index < -0.39 is 0 Å². The maximum absolute atomic E-state index is 14.3. The molecule has 1 heterocycles. The fourth-order valence-electron chi connectivity index (χ4n) is 5.99. The van der Waals surface area contributed by atoms with Crippen molar-refractivity contribution in [2.24, 2.45) is 11.5 Å². The molecule has 0 amide bonds. The van der Waals surface area contributed by atoms with E-state index in [0.717, 1.165) is 75.4 Å². The van der Waals surface area contributed by atoms with Gasteiger partial charge in [0.1, 0.15) is 33.8 Å². The van der Waals surface area contributed by atoms with Gasteiger partial charge in [0.15, 0.2) is 0 Å². The number of unbranched alkanes of at least 4 members (excludes halogenated alkanes) is 8. The van der Waals surface area contributed by atoms with E-state index in [0.29, 0.717) is 78.1 Å². The molecule has 0 spiro atoms. The van der Waals surface area contributed by atoms with Crippen LogP contribution in [-0.4, -0.2) is 35.1 Å². The van der Waals surface area contributed by atoms with E-state index in [4.69, 9.17) is 36.2 Å². The van der Waals surface area contributed by atoms with E-state index in [2.05, 4.69) is 0 Å². The molecule has 0 unspecified atom stereocenters. The summed E-state index contributed by atoms with van der Waals surface area (Å²) in [4.78, 5) is 14.3. The summed E-state index contributed by atoms with van der Waals surface area (Å²) in [5.74, 6) is 1.23. The van der Waals surface area contributed by atoms with Crippen LogP contribution in [0.3, 0.4) is 0 Å². The smallest absolute Gasteiger partial charge is 0.204 e. The number of allylic oxidation sites excluding steroid dienone is 4.